The van der Waals surface area contributed by atoms with Crippen molar-refractivity contribution in [3.05, 3.63) is 29.8 Å². The van der Waals surface area contributed by atoms with E-state index in [-0.39, 0.29) is 24.1 Å². The van der Waals surface area contributed by atoms with Crippen molar-refractivity contribution in [2.24, 2.45) is 0 Å². The first kappa shape index (κ1) is 17.6. The monoisotopic (exact) mass is 294 g/mol. The van der Waals surface area contributed by atoms with E-state index in [0.29, 0.717) is 25.1 Å². The standard InChI is InChI=1S/C12H16F2N2O2.ClH/c1-15-6-5-11(17)16-8-9-3-2-4-10(7-9)18-12(13)14;/h2-4,7,12,15H,5-6,8H2,1H3,(H,16,17);1H. The first-order chi connectivity index (χ1) is 8.61. The average molecular weight is 295 g/mol. The molecule has 0 radical (unpaired) electrons. The third-order valence-corrected chi connectivity index (χ3v) is 2.22. The molecule has 0 saturated carbocycles. The number of amides is 1. The summed E-state index contributed by atoms with van der Waals surface area (Å²) in [6.45, 7) is -1.95. The number of carbonyl (C=O) groups excluding carboxylic acids is 1. The molecule has 0 atom stereocenters. The number of alkyl halides is 2. The highest BCUT2D eigenvalue weighted by Gasteiger charge is 2.05. The third kappa shape index (κ3) is 7.58. The van der Waals surface area contributed by atoms with E-state index >= 15 is 0 Å². The van der Waals surface area contributed by atoms with Crippen LogP contribution >= 0.6 is 12.4 Å². The molecule has 0 heterocycles. The predicted octanol–water partition coefficient (Wildman–Crippen LogP) is 1.94. The largest absolute Gasteiger partial charge is 0.435 e. The molecule has 0 fully saturated rings. The van der Waals surface area contributed by atoms with Gasteiger partial charge in [-0.15, -0.1) is 12.4 Å². The summed E-state index contributed by atoms with van der Waals surface area (Å²) in [5, 5.41) is 5.56. The van der Waals surface area contributed by atoms with E-state index in [0.717, 1.165) is 0 Å². The van der Waals surface area contributed by atoms with Crippen LogP contribution in [0.25, 0.3) is 0 Å². The second-order valence-corrected chi connectivity index (χ2v) is 3.66. The SMILES string of the molecule is CNCCC(=O)NCc1cccc(OC(F)F)c1.Cl. The van der Waals surface area contributed by atoms with Crippen LogP contribution in [-0.2, 0) is 11.3 Å². The molecule has 0 unspecified atom stereocenters. The average Bonchev–Trinajstić information content (AvgIpc) is 2.33. The quantitative estimate of drug-likeness (QED) is 0.808. The van der Waals surface area contributed by atoms with Crippen molar-refractivity contribution in [2.45, 2.75) is 19.6 Å². The Labute approximate surface area is 116 Å². The van der Waals surface area contributed by atoms with E-state index in [4.69, 9.17) is 0 Å². The summed E-state index contributed by atoms with van der Waals surface area (Å²) in [6.07, 6.45) is 0.379. The molecule has 4 nitrogen and oxygen atoms in total. The zero-order valence-corrected chi connectivity index (χ0v) is 11.3. The Balaban J connectivity index is 0.00000324. The molecule has 0 aliphatic rings. The van der Waals surface area contributed by atoms with Gasteiger partial charge in [0.2, 0.25) is 5.91 Å². The summed E-state index contributed by atoms with van der Waals surface area (Å²) in [4.78, 5) is 11.3. The van der Waals surface area contributed by atoms with Gasteiger partial charge in [-0.25, -0.2) is 0 Å². The molecule has 0 aromatic heterocycles. The van der Waals surface area contributed by atoms with Crippen molar-refractivity contribution in [1.29, 1.82) is 0 Å². The smallest absolute Gasteiger partial charge is 0.387 e. The first-order valence-corrected chi connectivity index (χ1v) is 5.57. The molecule has 1 amide bonds. The van der Waals surface area contributed by atoms with Crippen LogP contribution in [0.15, 0.2) is 24.3 Å². The Hall–Kier alpha value is -1.40. The molecular formula is C12H17ClF2N2O2. The van der Waals surface area contributed by atoms with Crippen LogP contribution in [0.4, 0.5) is 8.78 Å². The second-order valence-electron chi connectivity index (χ2n) is 3.66. The molecule has 1 aromatic carbocycles. The fraction of sp³-hybridized carbons (Fsp3) is 0.417. The molecule has 2 N–H and O–H groups in total. The maximum absolute atomic E-state index is 12.0. The fourth-order valence-corrected chi connectivity index (χ4v) is 1.36. The number of ether oxygens (including phenoxy) is 1. The number of carbonyl (C=O) groups is 1. The lowest BCUT2D eigenvalue weighted by Gasteiger charge is -2.08. The highest BCUT2D eigenvalue weighted by molar-refractivity contribution is 5.85. The Morgan fingerprint density at radius 3 is 2.79 bits per heavy atom. The lowest BCUT2D eigenvalue weighted by atomic mass is 10.2. The molecule has 0 bridgehead atoms. The van der Waals surface area contributed by atoms with Crippen molar-refractivity contribution >= 4 is 18.3 Å². The minimum absolute atomic E-state index is 0. The van der Waals surface area contributed by atoms with Crippen LogP contribution in [0, 0.1) is 0 Å². The van der Waals surface area contributed by atoms with Gasteiger partial charge in [0.1, 0.15) is 5.75 Å². The van der Waals surface area contributed by atoms with Gasteiger partial charge in [-0.05, 0) is 24.7 Å². The lowest BCUT2D eigenvalue weighted by Crippen LogP contribution is -2.26. The second kappa shape index (κ2) is 9.52. The number of hydrogen-bond acceptors (Lipinski definition) is 3. The van der Waals surface area contributed by atoms with E-state index in [1.54, 1.807) is 19.2 Å². The van der Waals surface area contributed by atoms with Crippen molar-refractivity contribution in [3.63, 3.8) is 0 Å². The normalized spacial score (nSPS) is 9.89. The van der Waals surface area contributed by atoms with Crippen molar-refractivity contribution in [3.8, 4) is 5.75 Å². The molecule has 1 aromatic rings. The summed E-state index contributed by atoms with van der Waals surface area (Å²) < 4.78 is 28.3. The molecule has 0 aliphatic carbocycles. The number of nitrogens with one attached hydrogen (secondary N) is 2. The molecule has 108 valence electrons. The van der Waals surface area contributed by atoms with Crippen LogP contribution in [0.1, 0.15) is 12.0 Å². The molecule has 0 spiro atoms. The Kier molecular flexibility index (Phi) is 8.82. The van der Waals surface area contributed by atoms with E-state index in [9.17, 15) is 13.6 Å². The molecule has 0 saturated heterocycles. The number of rotatable bonds is 7. The van der Waals surface area contributed by atoms with Crippen LogP contribution in [0.3, 0.4) is 0 Å². The van der Waals surface area contributed by atoms with Crippen LogP contribution < -0.4 is 15.4 Å². The highest BCUT2D eigenvalue weighted by Crippen LogP contribution is 2.15. The first-order valence-electron chi connectivity index (χ1n) is 5.57. The Morgan fingerprint density at radius 2 is 2.16 bits per heavy atom. The van der Waals surface area contributed by atoms with Gasteiger partial charge < -0.3 is 15.4 Å². The highest BCUT2D eigenvalue weighted by atomic mass is 35.5. The minimum Gasteiger partial charge on any atom is -0.435 e. The lowest BCUT2D eigenvalue weighted by molar-refractivity contribution is -0.121. The number of hydrogen-bond donors (Lipinski definition) is 2. The fourth-order valence-electron chi connectivity index (χ4n) is 1.36. The summed E-state index contributed by atoms with van der Waals surface area (Å²) in [6, 6.07) is 6.26. The van der Waals surface area contributed by atoms with E-state index in [1.165, 1.54) is 12.1 Å². The van der Waals surface area contributed by atoms with Gasteiger partial charge in [0, 0.05) is 19.5 Å². The number of benzene rings is 1. The van der Waals surface area contributed by atoms with Crippen LogP contribution in [0.2, 0.25) is 0 Å². The predicted molar refractivity (Wildman–Crippen MR) is 70.7 cm³/mol. The summed E-state index contributed by atoms with van der Waals surface area (Å²) in [7, 11) is 1.76. The molecule has 19 heavy (non-hydrogen) atoms. The molecule has 1 rings (SSSR count). The van der Waals surface area contributed by atoms with Crippen molar-refractivity contribution in [2.75, 3.05) is 13.6 Å². The van der Waals surface area contributed by atoms with Crippen LogP contribution in [-0.4, -0.2) is 26.1 Å². The maximum Gasteiger partial charge on any atom is 0.387 e. The van der Waals surface area contributed by atoms with Gasteiger partial charge in [0.05, 0.1) is 0 Å². The minimum atomic E-state index is -2.84. The van der Waals surface area contributed by atoms with Gasteiger partial charge in [-0.2, -0.15) is 8.78 Å². The summed E-state index contributed by atoms with van der Waals surface area (Å²) in [5.74, 6) is -0.00324. The third-order valence-electron chi connectivity index (χ3n) is 2.22. The van der Waals surface area contributed by atoms with E-state index in [1.807, 2.05) is 0 Å². The van der Waals surface area contributed by atoms with E-state index in [2.05, 4.69) is 15.4 Å². The number of halogens is 3. The van der Waals surface area contributed by atoms with Gasteiger partial charge >= 0.3 is 6.61 Å². The van der Waals surface area contributed by atoms with Gasteiger partial charge in [-0.3, -0.25) is 4.79 Å². The molecule has 7 heteroatoms. The van der Waals surface area contributed by atoms with Gasteiger partial charge in [-0.1, -0.05) is 12.1 Å². The van der Waals surface area contributed by atoms with Crippen molar-refractivity contribution < 1.29 is 18.3 Å². The zero-order chi connectivity index (χ0) is 13.4. The van der Waals surface area contributed by atoms with Crippen molar-refractivity contribution in [1.82, 2.24) is 10.6 Å². The zero-order valence-electron chi connectivity index (χ0n) is 10.5. The molecule has 0 aliphatic heterocycles. The van der Waals surface area contributed by atoms with Gasteiger partial charge in [0.25, 0.3) is 0 Å². The summed E-state index contributed by atoms with van der Waals surface area (Å²) >= 11 is 0. The Morgan fingerprint density at radius 1 is 1.42 bits per heavy atom. The van der Waals surface area contributed by atoms with E-state index < -0.39 is 6.61 Å². The Bertz CT molecular complexity index is 392. The van der Waals surface area contributed by atoms with Crippen LogP contribution in [0.5, 0.6) is 5.75 Å². The summed E-state index contributed by atoms with van der Waals surface area (Å²) in [5.41, 5.74) is 0.714. The van der Waals surface area contributed by atoms with Gasteiger partial charge in [0.15, 0.2) is 0 Å². The molecular weight excluding hydrogens is 278 g/mol. The topological polar surface area (TPSA) is 50.4 Å². The maximum atomic E-state index is 12.0.